The smallest absolute Gasteiger partial charge is 0.262 e. The molecule has 3 aromatic carbocycles. The molecule has 9 nitrogen and oxygen atoms in total. The summed E-state index contributed by atoms with van der Waals surface area (Å²) in [6.07, 6.45) is 0.799. The Kier molecular flexibility index (Phi) is 8.12. The van der Waals surface area contributed by atoms with Crippen molar-refractivity contribution in [3.8, 4) is 28.7 Å². The Bertz CT molecular complexity index is 1210. The molecule has 0 saturated carbocycles. The van der Waals surface area contributed by atoms with E-state index in [-0.39, 0.29) is 18.4 Å². The minimum atomic E-state index is -0.336. The van der Waals surface area contributed by atoms with E-state index in [0.717, 1.165) is 12.2 Å². The van der Waals surface area contributed by atoms with E-state index in [1.54, 1.807) is 60.7 Å². The van der Waals surface area contributed by atoms with Crippen molar-refractivity contribution >= 4 is 23.2 Å². The van der Waals surface area contributed by atoms with E-state index in [4.69, 9.17) is 23.7 Å². The average molecular weight is 493 g/mol. The predicted octanol–water partition coefficient (Wildman–Crippen LogP) is 4.53. The molecule has 0 aliphatic carbocycles. The molecule has 1 heterocycles. The predicted molar refractivity (Wildman–Crippen MR) is 135 cm³/mol. The van der Waals surface area contributed by atoms with Crippen LogP contribution in [0.15, 0.2) is 60.7 Å². The van der Waals surface area contributed by atoms with Gasteiger partial charge in [-0.25, -0.2) is 0 Å². The van der Waals surface area contributed by atoms with Gasteiger partial charge in [-0.05, 0) is 61.5 Å². The number of ether oxygens (including phenoxy) is 5. The third-order valence-electron chi connectivity index (χ3n) is 5.24. The molecule has 0 aromatic heterocycles. The monoisotopic (exact) mass is 492 g/mol. The molecule has 0 fully saturated rings. The Morgan fingerprint density at radius 3 is 2.33 bits per heavy atom. The lowest BCUT2D eigenvalue weighted by molar-refractivity contribution is -0.118. The van der Waals surface area contributed by atoms with Gasteiger partial charge in [0.1, 0.15) is 5.75 Å². The minimum absolute atomic E-state index is 0.230. The number of nitrogens with one attached hydrogen (secondary N) is 2. The molecule has 188 valence electrons. The molecule has 0 spiro atoms. The quantitative estimate of drug-likeness (QED) is 0.452. The molecule has 4 rings (SSSR count). The summed E-state index contributed by atoms with van der Waals surface area (Å²) >= 11 is 0. The fourth-order valence-corrected chi connectivity index (χ4v) is 3.51. The van der Waals surface area contributed by atoms with E-state index in [1.807, 2.05) is 6.92 Å². The third-order valence-corrected chi connectivity index (χ3v) is 5.24. The molecule has 0 radical (unpaired) electrons. The van der Waals surface area contributed by atoms with Crippen LogP contribution < -0.4 is 34.3 Å². The molecule has 9 heteroatoms. The van der Waals surface area contributed by atoms with Crippen molar-refractivity contribution < 1.29 is 33.3 Å². The van der Waals surface area contributed by atoms with Gasteiger partial charge in [-0.3, -0.25) is 9.59 Å². The summed E-state index contributed by atoms with van der Waals surface area (Å²) in [5.41, 5.74) is 1.57. The SMILES string of the molecule is CCOc1ccc(NC(=O)COc2ccc(C(=O)Nc3ccc4c(c3)OCCCO4)cc2OC)cc1. The summed E-state index contributed by atoms with van der Waals surface area (Å²) in [6, 6.07) is 17.1. The molecule has 0 saturated heterocycles. The fourth-order valence-electron chi connectivity index (χ4n) is 3.51. The topological polar surface area (TPSA) is 104 Å². The zero-order chi connectivity index (χ0) is 25.3. The van der Waals surface area contributed by atoms with Crippen LogP contribution in [-0.4, -0.2) is 45.4 Å². The molecule has 0 bridgehead atoms. The van der Waals surface area contributed by atoms with Gasteiger partial charge in [0.2, 0.25) is 0 Å². The molecule has 3 aromatic rings. The lowest BCUT2D eigenvalue weighted by Crippen LogP contribution is -2.20. The Hall–Kier alpha value is -4.40. The highest BCUT2D eigenvalue weighted by atomic mass is 16.5. The van der Waals surface area contributed by atoms with Crippen molar-refractivity contribution in [2.24, 2.45) is 0 Å². The highest BCUT2D eigenvalue weighted by molar-refractivity contribution is 6.04. The number of hydrogen-bond acceptors (Lipinski definition) is 7. The van der Waals surface area contributed by atoms with Crippen molar-refractivity contribution in [2.75, 3.05) is 44.2 Å². The van der Waals surface area contributed by atoms with Crippen molar-refractivity contribution in [2.45, 2.75) is 13.3 Å². The van der Waals surface area contributed by atoms with E-state index >= 15 is 0 Å². The van der Waals surface area contributed by atoms with Crippen molar-refractivity contribution in [1.82, 2.24) is 0 Å². The van der Waals surface area contributed by atoms with Gasteiger partial charge in [0.05, 0.1) is 26.9 Å². The zero-order valence-corrected chi connectivity index (χ0v) is 20.2. The first-order valence-corrected chi connectivity index (χ1v) is 11.6. The number of benzene rings is 3. The van der Waals surface area contributed by atoms with Crippen LogP contribution in [0.25, 0.3) is 0 Å². The van der Waals surface area contributed by atoms with Gasteiger partial charge in [-0.2, -0.15) is 0 Å². The van der Waals surface area contributed by atoms with Gasteiger partial charge in [-0.15, -0.1) is 0 Å². The maximum Gasteiger partial charge on any atom is 0.262 e. The number of amides is 2. The van der Waals surface area contributed by atoms with Crippen LogP contribution in [0.1, 0.15) is 23.7 Å². The first-order valence-electron chi connectivity index (χ1n) is 11.6. The van der Waals surface area contributed by atoms with Gasteiger partial charge >= 0.3 is 0 Å². The van der Waals surface area contributed by atoms with E-state index in [0.29, 0.717) is 59.8 Å². The molecule has 1 aliphatic rings. The van der Waals surface area contributed by atoms with Gasteiger partial charge < -0.3 is 34.3 Å². The number of anilines is 2. The lowest BCUT2D eigenvalue weighted by Gasteiger charge is -2.13. The molecule has 36 heavy (non-hydrogen) atoms. The first kappa shape index (κ1) is 24.7. The van der Waals surface area contributed by atoms with Crippen molar-refractivity contribution in [3.05, 3.63) is 66.2 Å². The summed E-state index contributed by atoms with van der Waals surface area (Å²) in [5.74, 6) is 1.97. The number of carbonyl (C=O) groups is 2. The summed E-state index contributed by atoms with van der Waals surface area (Å²) in [6.45, 7) is 3.39. The molecule has 0 atom stereocenters. The lowest BCUT2D eigenvalue weighted by atomic mass is 10.1. The number of carbonyl (C=O) groups excluding carboxylic acids is 2. The largest absolute Gasteiger partial charge is 0.494 e. The van der Waals surface area contributed by atoms with Gasteiger partial charge in [-0.1, -0.05) is 0 Å². The third kappa shape index (κ3) is 6.38. The Morgan fingerprint density at radius 1 is 0.833 bits per heavy atom. The van der Waals surface area contributed by atoms with Crippen LogP contribution >= 0.6 is 0 Å². The maximum atomic E-state index is 12.8. The van der Waals surface area contributed by atoms with Gasteiger partial charge in [0.25, 0.3) is 11.8 Å². The second-order valence-electron chi connectivity index (χ2n) is 7.83. The Balaban J connectivity index is 1.35. The Morgan fingerprint density at radius 2 is 1.58 bits per heavy atom. The van der Waals surface area contributed by atoms with E-state index in [9.17, 15) is 9.59 Å². The Labute approximate surface area is 209 Å². The van der Waals surface area contributed by atoms with Crippen LogP contribution in [0.2, 0.25) is 0 Å². The molecular formula is C27H28N2O7. The molecular weight excluding hydrogens is 464 g/mol. The molecule has 2 amide bonds. The van der Waals surface area contributed by atoms with Gasteiger partial charge in [0, 0.05) is 29.4 Å². The van der Waals surface area contributed by atoms with Crippen LogP contribution in [0.5, 0.6) is 28.7 Å². The van der Waals surface area contributed by atoms with Crippen molar-refractivity contribution in [3.63, 3.8) is 0 Å². The summed E-state index contributed by atoms with van der Waals surface area (Å²) < 4.78 is 27.7. The van der Waals surface area contributed by atoms with E-state index in [2.05, 4.69) is 10.6 Å². The number of fused-ring (bicyclic) bond motifs is 1. The standard InChI is InChI=1S/C27H28N2O7/c1-3-33-21-9-6-19(7-10-21)28-26(30)17-36-22-11-5-18(15-24(22)32-2)27(31)29-20-8-12-23-25(16-20)35-14-4-13-34-23/h5-12,15-16H,3-4,13-14,17H2,1-2H3,(H,28,30)(H,29,31). The average Bonchev–Trinajstić information content (AvgIpc) is 3.14. The second kappa shape index (κ2) is 11.8. The summed E-state index contributed by atoms with van der Waals surface area (Å²) in [7, 11) is 1.47. The molecule has 0 unspecified atom stereocenters. The number of methoxy groups -OCH3 is 1. The number of hydrogen-bond donors (Lipinski definition) is 2. The minimum Gasteiger partial charge on any atom is -0.494 e. The first-order chi connectivity index (χ1) is 17.6. The summed E-state index contributed by atoms with van der Waals surface area (Å²) in [4.78, 5) is 25.1. The zero-order valence-electron chi connectivity index (χ0n) is 20.2. The maximum absolute atomic E-state index is 12.8. The van der Waals surface area contributed by atoms with Crippen molar-refractivity contribution in [1.29, 1.82) is 0 Å². The van der Waals surface area contributed by atoms with Crippen LogP contribution in [-0.2, 0) is 4.79 Å². The van der Waals surface area contributed by atoms with Crippen LogP contribution in [0.3, 0.4) is 0 Å². The normalized spacial score (nSPS) is 12.2. The highest BCUT2D eigenvalue weighted by Gasteiger charge is 2.15. The highest BCUT2D eigenvalue weighted by Crippen LogP contribution is 2.33. The number of rotatable bonds is 9. The second-order valence-corrected chi connectivity index (χ2v) is 7.83. The molecule has 1 aliphatic heterocycles. The summed E-state index contributed by atoms with van der Waals surface area (Å²) in [5, 5.41) is 5.60. The fraction of sp³-hybridized carbons (Fsp3) is 0.259. The van der Waals surface area contributed by atoms with Crippen LogP contribution in [0.4, 0.5) is 11.4 Å². The van der Waals surface area contributed by atoms with E-state index in [1.165, 1.54) is 7.11 Å². The van der Waals surface area contributed by atoms with E-state index < -0.39 is 0 Å². The van der Waals surface area contributed by atoms with Gasteiger partial charge in [0.15, 0.2) is 29.6 Å². The molecule has 2 N–H and O–H groups in total. The van der Waals surface area contributed by atoms with Crippen LogP contribution in [0, 0.1) is 0 Å².